The molecule has 7 heteroatoms. The molecule has 0 radical (unpaired) electrons. The Morgan fingerprint density at radius 1 is 0.872 bits per heavy atom. The third kappa shape index (κ3) is 10.7. The van der Waals surface area contributed by atoms with Crippen LogP contribution in [0.5, 0.6) is 5.75 Å². The Morgan fingerprint density at radius 2 is 1.62 bits per heavy atom. The van der Waals surface area contributed by atoms with Gasteiger partial charge in [-0.1, -0.05) is 80.3 Å². The van der Waals surface area contributed by atoms with Gasteiger partial charge in [-0.25, -0.2) is 4.68 Å². The van der Waals surface area contributed by atoms with E-state index in [2.05, 4.69) is 48.0 Å². The lowest BCUT2D eigenvalue weighted by Crippen LogP contribution is -2.38. The van der Waals surface area contributed by atoms with Crippen molar-refractivity contribution in [2.24, 2.45) is 0 Å². The van der Waals surface area contributed by atoms with Crippen LogP contribution in [0.1, 0.15) is 81.5 Å². The minimum absolute atomic E-state index is 0.00451. The van der Waals surface area contributed by atoms with Gasteiger partial charge >= 0.3 is 0 Å². The molecule has 1 fully saturated rings. The second-order valence-electron chi connectivity index (χ2n) is 13.3. The van der Waals surface area contributed by atoms with Crippen molar-refractivity contribution in [2.75, 3.05) is 39.8 Å². The fraction of sp³-hybridized carbons (Fsp3) is 0.500. The summed E-state index contributed by atoms with van der Waals surface area (Å²) in [6, 6.07) is 24.8. The van der Waals surface area contributed by atoms with E-state index >= 15 is 0 Å². The zero-order chi connectivity index (χ0) is 32.8. The summed E-state index contributed by atoms with van der Waals surface area (Å²) in [6.07, 6.45) is 12.6. The van der Waals surface area contributed by atoms with E-state index in [0.717, 1.165) is 91.1 Å². The van der Waals surface area contributed by atoms with Crippen molar-refractivity contribution in [3.05, 3.63) is 105 Å². The Bertz CT molecular complexity index is 1570. The maximum Gasteiger partial charge on any atom is 0.274 e. The van der Waals surface area contributed by atoms with Gasteiger partial charge in [-0.2, -0.15) is 5.10 Å². The summed E-state index contributed by atoms with van der Waals surface area (Å²) in [4.78, 5) is 18.5. The van der Waals surface area contributed by atoms with E-state index < -0.39 is 0 Å². The SMILES string of the molecule is CCCCCCN(C)CCCOc1ccc(CCCCN2CCC[C@@H]2Cn2nc(Cc3ccc(Cl)cc3)c3ccccc3c2=O)cc1. The molecule has 0 spiro atoms. The highest BCUT2D eigenvalue weighted by molar-refractivity contribution is 6.30. The molecule has 0 unspecified atom stereocenters. The lowest BCUT2D eigenvalue weighted by atomic mass is 10.0. The fourth-order valence-electron chi connectivity index (χ4n) is 6.79. The van der Waals surface area contributed by atoms with Gasteiger partial charge in [-0.15, -0.1) is 0 Å². The molecule has 252 valence electrons. The molecule has 2 heterocycles. The summed E-state index contributed by atoms with van der Waals surface area (Å²) in [5, 5.41) is 7.34. The number of aryl methyl sites for hydroxylation is 1. The number of hydrogen-bond acceptors (Lipinski definition) is 5. The van der Waals surface area contributed by atoms with Crippen LogP contribution >= 0.6 is 11.6 Å². The number of rotatable bonds is 19. The highest BCUT2D eigenvalue weighted by atomic mass is 35.5. The van der Waals surface area contributed by atoms with Crippen LogP contribution in [0.15, 0.2) is 77.6 Å². The minimum atomic E-state index is 0.00451. The highest BCUT2D eigenvalue weighted by Crippen LogP contribution is 2.22. The van der Waals surface area contributed by atoms with E-state index in [0.29, 0.717) is 19.0 Å². The van der Waals surface area contributed by atoms with E-state index in [9.17, 15) is 4.79 Å². The number of likely N-dealkylation sites (tertiary alicyclic amines) is 1. The van der Waals surface area contributed by atoms with Crippen LogP contribution in [-0.2, 0) is 19.4 Å². The van der Waals surface area contributed by atoms with Gasteiger partial charge in [-0.05, 0) is 113 Å². The van der Waals surface area contributed by atoms with Gasteiger partial charge in [-0.3, -0.25) is 9.69 Å². The second-order valence-corrected chi connectivity index (χ2v) is 13.7. The summed E-state index contributed by atoms with van der Waals surface area (Å²) in [6.45, 7) is 8.07. The van der Waals surface area contributed by atoms with E-state index in [1.54, 1.807) is 4.68 Å². The van der Waals surface area contributed by atoms with E-state index in [-0.39, 0.29) is 5.56 Å². The normalized spacial score (nSPS) is 15.2. The predicted octanol–water partition coefficient (Wildman–Crippen LogP) is 8.41. The molecular formula is C40H53ClN4O2. The molecular weight excluding hydrogens is 604 g/mol. The number of hydrogen-bond donors (Lipinski definition) is 0. The number of aromatic nitrogens is 2. The standard InChI is InChI=1S/C40H53ClN4O2/c1-3-4-5-9-25-43(2)26-12-29-47-36-23-19-32(20-24-36)13-8-10-27-44-28-11-14-35(44)31-45-40(46)38-16-7-6-15-37(38)39(42-45)30-33-17-21-34(41)22-18-33/h6-7,15-24,35H,3-5,8-14,25-31H2,1-2H3/t35-/m1/s1. The molecule has 6 nitrogen and oxygen atoms in total. The molecule has 1 saturated heterocycles. The summed E-state index contributed by atoms with van der Waals surface area (Å²) in [5.74, 6) is 0.966. The lowest BCUT2D eigenvalue weighted by molar-refractivity contribution is 0.221. The molecule has 3 aromatic carbocycles. The van der Waals surface area contributed by atoms with Crippen LogP contribution in [0.4, 0.5) is 0 Å². The van der Waals surface area contributed by atoms with Crippen molar-refractivity contribution in [1.82, 2.24) is 19.6 Å². The first-order valence-electron chi connectivity index (χ1n) is 17.9. The molecule has 0 N–H and O–H groups in total. The molecule has 1 aromatic heterocycles. The van der Waals surface area contributed by atoms with Crippen LogP contribution in [0.3, 0.4) is 0 Å². The topological polar surface area (TPSA) is 50.6 Å². The largest absolute Gasteiger partial charge is 0.494 e. The lowest BCUT2D eigenvalue weighted by Gasteiger charge is -2.25. The van der Waals surface area contributed by atoms with Crippen LogP contribution in [0.25, 0.3) is 10.8 Å². The molecule has 47 heavy (non-hydrogen) atoms. The van der Waals surface area contributed by atoms with Crippen LogP contribution < -0.4 is 10.3 Å². The molecule has 0 aliphatic carbocycles. The quantitative estimate of drug-likeness (QED) is 0.0949. The first-order chi connectivity index (χ1) is 23.0. The Hall–Kier alpha value is -3.19. The molecule has 0 saturated carbocycles. The summed E-state index contributed by atoms with van der Waals surface area (Å²) < 4.78 is 7.74. The highest BCUT2D eigenvalue weighted by Gasteiger charge is 2.25. The maximum absolute atomic E-state index is 13.5. The van der Waals surface area contributed by atoms with Crippen LogP contribution in [0, 0.1) is 0 Å². The van der Waals surface area contributed by atoms with Crippen molar-refractivity contribution in [3.8, 4) is 5.75 Å². The average Bonchev–Trinajstić information content (AvgIpc) is 3.53. The van der Waals surface area contributed by atoms with E-state index in [1.807, 2.05) is 48.5 Å². The smallest absolute Gasteiger partial charge is 0.274 e. The number of nitrogens with zero attached hydrogens (tertiary/aromatic N) is 4. The van der Waals surface area contributed by atoms with Gasteiger partial charge in [0.1, 0.15) is 5.75 Å². The van der Waals surface area contributed by atoms with Gasteiger partial charge < -0.3 is 9.64 Å². The molecule has 0 amide bonds. The number of halogens is 1. The third-order valence-electron chi connectivity index (χ3n) is 9.54. The summed E-state index contributed by atoms with van der Waals surface area (Å²) >= 11 is 6.12. The van der Waals surface area contributed by atoms with Crippen LogP contribution in [-0.4, -0.2) is 65.5 Å². The Kier molecular flexibility index (Phi) is 13.7. The second kappa shape index (κ2) is 18.4. The Balaban J connectivity index is 1.07. The zero-order valence-corrected chi connectivity index (χ0v) is 29.3. The van der Waals surface area contributed by atoms with Crippen molar-refractivity contribution >= 4 is 22.4 Å². The van der Waals surface area contributed by atoms with Gasteiger partial charge in [0.25, 0.3) is 5.56 Å². The van der Waals surface area contributed by atoms with Gasteiger partial charge in [0.15, 0.2) is 0 Å². The van der Waals surface area contributed by atoms with Gasteiger partial charge in [0.05, 0.1) is 24.2 Å². The number of benzene rings is 3. The van der Waals surface area contributed by atoms with Gasteiger partial charge in [0, 0.05) is 29.4 Å². The Labute approximate surface area is 286 Å². The summed E-state index contributed by atoms with van der Waals surface area (Å²) in [7, 11) is 2.22. The molecule has 4 aromatic rings. The molecule has 1 aliphatic heterocycles. The summed E-state index contributed by atoms with van der Waals surface area (Å²) in [5.41, 5.74) is 3.44. The van der Waals surface area contributed by atoms with Crippen molar-refractivity contribution in [3.63, 3.8) is 0 Å². The van der Waals surface area contributed by atoms with Gasteiger partial charge in [0.2, 0.25) is 0 Å². The van der Waals surface area contributed by atoms with Crippen LogP contribution in [0.2, 0.25) is 5.02 Å². The molecule has 1 aliphatic rings. The first kappa shape index (κ1) is 35.1. The maximum atomic E-state index is 13.5. The predicted molar refractivity (Wildman–Crippen MR) is 196 cm³/mol. The molecule has 5 rings (SSSR count). The Morgan fingerprint density at radius 3 is 2.40 bits per heavy atom. The number of ether oxygens (including phenoxy) is 1. The minimum Gasteiger partial charge on any atom is -0.494 e. The van der Waals surface area contributed by atoms with E-state index in [4.69, 9.17) is 21.4 Å². The first-order valence-corrected chi connectivity index (χ1v) is 18.3. The molecule has 0 bridgehead atoms. The van der Waals surface area contributed by atoms with Crippen molar-refractivity contribution < 1.29 is 4.74 Å². The monoisotopic (exact) mass is 656 g/mol. The zero-order valence-electron chi connectivity index (χ0n) is 28.5. The third-order valence-corrected chi connectivity index (χ3v) is 9.79. The molecule has 1 atom stereocenters. The number of unbranched alkanes of at least 4 members (excludes halogenated alkanes) is 4. The van der Waals surface area contributed by atoms with E-state index in [1.165, 1.54) is 44.2 Å². The van der Waals surface area contributed by atoms with Crippen molar-refractivity contribution in [1.29, 1.82) is 0 Å². The average molecular weight is 657 g/mol. The van der Waals surface area contributed by atoms with Crippen molar-refractivity contribution in [2.45, 2.75) is 90.1 Å². The number of fused-ring (bicyclic) bond motifs is 1. The fourth-order valence-corrected chi connectivity index (χ4v) is 6.92.